The molecular formula is C9H12BrN5. The van der Waals surface area contributed by atoms with Crippen LogP contribution in [0.4, 0.5) is 0 Å². The highest BCUT2D eigenvalue weighted by molar-refractivity contribution is 9.08. The molecule has 15 heavy (non-hydrogen) atoms. The summed E-state index contributed by atoms with van der Waals surface area (Å²) in [4.78, 5) is 0. The number of nitrogens with zero attached hydrogens (tertiary/aromatic N) is 5. The third kappa shape index (κ3) is 2.26. The molecule has 0 fully saturated rings. The lowest BCUT2D eigenvalue weighted by molar-refractivity contribution is 0.599. The van der Waals surface area contributed by atoms with Crippen LogP contribution in [-0.4, -0.2) is 24.8 Å². The maximum absolute atomic E-state index is 4.28. The second kappa shape index (κ2) is 4.14. The van der Waals surface area contributed by atoms with Gasteiger partial charge < -0.3 is 0 Å². The van der Waals surface area contributed by atoms with Crippen LogP contribution in [0.1, 0.15) is 17.1 Å². The van der Waals surface area contributed by atoms with Gasteiger partial charge in [0.1, 0.15) is 0 Å². The number of alkyl halides is 1. The van der Waals surface area contributed by atoms with Gasteiger partial charge in [0.15, 0.2) is 0 Å². The smallest absolute Gasteiger partial charge is 0.0932 e. The average molecular weight is 270 g/mol. The van der Waals surface area contributed by atoms with Gasteiger partial charge >= 0.3 is 0 Å². The lowest BCUT2D eigenvalue weighted by atomic mass is 10.3. The molecule has 2 aromatic heterocycles. The molecule has 2 rings (SSSR count). The van der Waals surface area contributed by atoms with E-state index in [1.165, 1.54) is 0 Å². The molecule has 6 heteroatoms. The van der Waals surface area contributed by atoms with Crippen LogP contribution in [0.2, 0.25) is 0 Å². The number of aryl methyl sites for hydroxylation is 2. The summed E-state index contributed by atoms with van der Waals surface area (Å²) >= 11 is 3.34. The highest BCUT2D eigenvalue weighted by Crippen LogP contribution is 2.05. The summed E-state index contributed by atoms with van der Waals surface area (Å²) in [6.07, 6.45) is 1.93. The minimum atomic E-state index is 0.706. The monoisotopic (exact) mass is 269 g/mol. The Hall–Kier alpha value is -1.17. The molecule has 0 aromatic carbocycles. The molecule has 0 saturated heterocycles. The van der Waals surface area contributed by atoms with Crippen molar-refractivity contribution in [2.45, 2.75) is 18.8 Å². The quantitative estimate of drug-likeness (QED) is 0.789. The molecule has 0 aliphatic carbocycles. The van der Waals surface area contributed by atoms with Crippen LogP contribution in [0.3, 0.4) is 0 Å². The van der Waals surface area contributed by atoms with Crippen molar-refractivity contribution in [1.82, 2.24) is 24.8 Å². The normalized spacial score (nSPS) is 10.9. The first-order chi connectivity index (χ1) is 7.19. The molecule has 0 amide bonds. The first-order valence-electron chi connectivity index (χ1n) is 4.63. The van der Waals surface area contributed by atoms with Gasteiger partial charge in [0.2, 0.25) is 0 Å². The number of hydrogen-bond acceptors (Lipinski definition) is 3. The average Bonchev–Trinajstić information content (AvgIpc) is 2.75. The van der Waals surface area contributed by atoms with Crippen LogP contribution in [0.25, 0.3) is 0 Å². The Bertz CT molecular complexity index is 459. The summed E-state index contributed by atoms with van der Waals surface area (Å²) in [7, 11) is 1.94. The van der Waals surface area contributed by atoms with Gasteiger partial charge in [-0.2, -0.15) is 5.10 Å². The minimum Gasteiger partial charge on any atom is -0.270 e. The first-order valence-corrected chi connectivity index (χ1v) is 5.75. The fourth-order valence-corrected chi connectivity index (χ4v) is 1.71. The van der Waals surface area contributed by atoms with E-state index in [1.807, 2.05) is 29.5 Å². The lowest BCUT2D eigenvalue weighted by Gasteiger charge is -2.00. The Morgan fingerprint density at radius 3 is 2.80 bits per heavy atom. The Kier molecular flexibility index (Phi) is 2.86. The highest BCUT2D eigenvalue weighted by Gasteiger charge is 2.04. The van der Waals surface area contributed by atoms with E-state index >= 15 is 0 Å². The predicted octanol–water partition coefficient (Wildman–Crippen LogP) is 1.26. The van der Waals surface area contributed by atoms with Crippen LogP contribution in [0, 0.1) is 6.92 Å². The van der Waals surface area contributed by atoms with E-state index in [2.05, 4.69) is 37.4 Å². The Balaban J connectivity index is 2.17. The van der Waals surface area contributed by atoms with Crippen molar-refractivity contribution < 1.29 is 0 Å². The van der Waals surface area contributed by atoms with Crippen LogP contribution in [0.15, 0.2) is 12.3 Å². The Morgan fingerprint density at radius 1 is 1.47 bits per heavy atom. The summed E-state index contributed by atoms with van der Waals surface area (Å²) in [5.74, 6) is 0. The van der Waals surface area contributed by atoms with E-state index < -0.39 is 0 Å². The predicted molar refractivity (Wildman–Crippen MR) is 59.7 cm³/mol. The zero-order valence-corrected chi connectivity index (χ0v) is 10.3. The van der Waals surface area contributed by atoms with Crippen molar-refractivity contribution in [3.63, 3.8) is 0 Å². The van der Waals surface area contributed by atoms with Crippen molar-refractivity contribution in [2.24, 2.45) is 7.05 Å². The molecule has 0 aliphatic heterocycles. The molecule has 0 radical (unpaired) electrons. The number of aromatic nitrogens is 5. The van der Waals surface area contributed by atoms with Crippen molar-refractivity contribution in [3.05, 3.63) is 29.3 Å². The van der Waals surface area contributed by atoms with Crippen LogP contribution in [0.5, 0.6) is 0 Å². The van der Waals surface area contributed by atoms with Crippen molar-refractivity contribution >= 4 is 15.9 Å². The van der Waals surface area contributed by atoms with Crippen LogP contribution >= 0.6 is 15.9 Å². The third-order valence-corrected chi connectivity index (χ3v) is 2.72. The van der Waals surface area contributed by atoms with Gasteiger partial charge in [0.05, 0.1) is 23.6 Å². The SMILES string of the molecule is Cc1cc(Cn2cc(CBr)nn2)n(C)n1. The highest BCUT2D eigenvalue weighted by atomic mass is 79.9. The topological polar surface area (TPSA) is 48.5 Å². The molecular weight excluding hydrogens is 258 g/mol. The van der Waals surface area contributed by atoms with E-state index in [-0.39, 0.29) is 0 Å². The Labute approximate surface area is 96.2 Å². The van der Waals surface area contributed by atoms with Gasteiger partial charge in [0, 0.05) is 18.6 Å². The van der Waals surface area contributed by atoms with Gasteiger partial charge in [-0.15, -0.1) is 5.10 Å². The van der Waals surface area contributed by atoms with Gasteiger partial charge in [-0.3, -0.25) is 4.68 Å². The Morgan fingerprint density at radius 2 is 2.27 bits per heavy atom. The molecule has 0 spiro atoms. The molecule has 2 aromatic rings. The van der Waals surface area contributed by atoms with E-state index in [0.29, 0.717) is 6.54 Å². The van der Waals surface area contributed by atoms with Crippen molar-refractivity contribution in [1.29, 1.82) is 0 Å². The molecule has 5 nitrogen and oxygen atoms in total. The molecule has 80 valence electrons. The van der Waals surface area contributed by atoms with Gasteiger partial charge in [-0.1, -0.05) is 21.1 Å². The summed E-state index contributed by atoms with van der Waals surface area (Å²) < 4.78 is 3.68. The lowest BCUT2D eigenvalue weighted by Crippen LogP contribution is -2.06. The molecule has 0 atom stereocenters. The molecule has 0 unspecified atom stereocenters. The molecule has 0 aliphatic rings. The molecule has 0 bridgehead atoms. The molecule has 0 N–H and O–H groups in total. The first kappa shape index (κ1) is 10.4. The zero-order valence-electron chi connectivity index (χ0n) is 8.68. The molecule has 2 heterocycles. The standard InChI is InChI=1S/C9H12BrN5/c1-7-3-9(14(2)12-7)6-15-5-8(4-10)11-13-15/h3,5H,4,6H2,1-2H3. The van der Waals surface area contributed by atoms with E-state index in [4.69, 9.17) is 0 Å². The van der Waals surface area contributed by atoms with E-state index in [9.17, 15) is 0 Å². The largest absolute Gasteiger partial charge is 0.270 e. The van der Waals surface area contributed by atoms with E-state index in [0.717, 1.165) is 22.4 Å². The van der Waals surface area contributed by atoms with Crippen molar-refractivity contribution in [3.8, 4) is 0 Å². The second-order valence-electron chi connectivity index (χ2n) is 3.44. The van der Waals surface area contributed by atoms with Crippen LogP contribution < -0.4 is 0 Å². The maximum atomic E-state index is 4.28. The maximum Gasteiger partial charge on any atom is 0.0932 e. The summed E-state index contributed by atoms with van der Waals surface area (Å²) in [6.45, 7) is 2.69. The number of hydrogen-bond donors (Lipinski definition) is 0. The molecule has 0 saturated carbocycles. The fourth-order valence-electron chi connectivity index (χ4n) is 1.46. The van der Waals surface area contributed by atoms with Gasteiger partial charge in [0.25, 0.3) is 0 Å². The van der Waals surface area contributed by atoms with Gasteiger partial charge in [-0.05, 0) is 13.0 Å². The van der Waals surface area contributed by atoms with Crippen molar-refractivity contribution in [2.75, 3.05) is 0 Å². The number of rotatable bonds is 3. The zero-order chi connectivity index (χ0) is 10.8. The summed E-state index contributed by atoms with van der Waals surface area (Å²) in [6, 6.07) is 2.05. The summed E-state index contributed by atoms with van der Waals surface area (Å²) in [5, 5.41) is 13.0. The van der Waals surface area contributed by atoms with E-state index in [1.54, 1.807) is 0 Å². The third-order valence-electron chi connectivity index (χ3n) is 2.15. The fraction of sp³-hybridized carbons (Fsp3) is 0.444. The number of halogens is 1. The second-order valence-corrected chi connectivity index (χ2v) is 4.00. The van der Waals surface area contributed by atoms with Gasteiger partial charge in [-0.25, -0.2) is 4.68 Å². The summed E-state index contributed by atoms with van der Waals surface area (Å²) in [5.41, 5.74) is 3.08. The minimum absolute atomic E-state index is 0.706. The van der Waals surface area contributed by atoms with Crippen LogP contribution in [-0.2, 0) is 18.9 Å².